The third kappa shape index (κ3) is 5.38. The van der Waals surface area contributed by atoms with Crippen LogP contribution in [0.2, 0.25) is 0 Å². The third-order valence-corrected chi connectivity index (χ3v) is 5.05. The van der Waals surface area contributed by atoms with Gasteiger partial charge in [0.15, 0.2) is 0 Å². The number of carbonyl (C=O) groups excluding carboxylic acids is 1. The normalized spacial score (nSPS) is 19.8. The van der Waals surface area contributed by atoms with Crippen LogP contribution in [0.1, 0.15) is 40.0 Å². The van der Waals surface area contributed by atoms with Crippen LogP contribution in [-0.2, 0) is 19.6 Å². The molecule has 0 aliphatic carbocycles. The van der Waals surface area contributed by atoms with Gasteiger partial charge in [-0.15, -0.1) is 0 Å². The van der Waals surface area contributed by atoms with Crippen LogP contribution in [-0.4, -0.2) is 39.8 Å². The van der Waals surface area contributed by atoms with Gasteiger partial charge in [0.1, 0.15) is 0 Å². The summed E-state index contributed by atoms with van der Waals surface area (Å²) in [7, 11) is -3.38. The maximum atomic E-state index is 12.0. The average Bonchev–Trinajstić information content (AvgIpc) is 2.35. The first kappa shape index (κ1) is 17.4. The van der Waals surface area contributed by atoms with Crippen LogP contribution in [0.25, 0.3) is 0 Å². The Balaban J connectivity index is 2.61. The van der Waals surface area contributed by atoms with Crippen molar-refractivity contribution in [3.63, 3.8) is 0 Å². The van der Waals surface area contributed by atoms with Gasteiger partial charge in [-0.3, -0.25) is 4.79 Å². The first-order chi connectivity index (χ1) is 9.06. The van der Waals surface area contributed by atoms with Gasteiger partial charge in [0, 0.05) is 19.8 Å². The van der Waals surface area contributed by atoms with E-state index in [2.05, 4.69) is 4.72 Å². The molecule has 0 bridgehead atoms. The zero-order valence-electron chi connectivity index (χ0n) is 12.6. The fraction of sp³-hybridized carbons (Fsp3) is 0.923. The zero-order chi connectivity index (χ0) is 15.4. The van der Waals surface area contributed by atoms with E-state index in [0.717, 1.165) is 0 Å². The first-order valence-corrected chi connectivity index (χ1v) is 8.57. The van der Waals surface area contributed by atoms with E-state index in [1.54, 1.807) is 0 Å². The van der Waals surface area contributed by atoms with E-state index in [0.29, 0.717) is 32.5 Å². The second-order valence-corrected chi connectivity index (χ2v) is 8.63. The Bertz CT molecular complexity index is 434. The number of carbonyl (C=O) groups is 1. The molecule has 0 atom stereocenters. The molecular weight excluding hydrogens is 280 g/mol. The molecule has 3 N–H and O–H groups in total. The molecule has 20 heavy (non-hydrogen) atoms. The maximum Gasteiger partial charge on any atom is 0.225 e. The van der Waals surface area contributed by atoms with E-state index in [1.165, 1.54) is 0 Å². The van der Waals surface area contributed by atoms with Gasteiger partial charge in [-0.2, -0.15) is 0 Å². The number of nitrogens with two attached hydrogens (primary N) is 1. The minimum Gasteiger partial charge on any atom is -0.381 e. The van der Waals surface area contributed by atoms with Gasteiger partial charge < -0.3 is 10.5 Å². The van der Waals surface area contributed by atoms with Gasteiger partial charge in [-0.25, -0.2) is 13.1 Å². The number of rotatable bonds is 6. The highest BCUT2D eigenvalue weighted by molar-refractivity contribution is 7.89. The molecule has 0 aromatic heterocycles. The molecule has 0 radical (unpaired) electrons. The number of ether oxygens (including phenoxy) is 1. The third-order valence-electron chi connectivity index (χ3n) is 3.72. The Morgan fingerprint density at radius 3 is 2.30 bits per heavy atom. The van der Waals surface area contributed by atoms with E-state index >= 15 is 0 Å². The summed E-state index contributed by atoms with van der Waals surface area (Å²) in [5.41, 5.74) is 4.59. The molecule has 1 aliphatic heterocycles. The molecular formula is C13H26N2O4S. The van der Waals surface area contributed by atoms with Gasteiger partial charge in [0.2, 0.25) is 15.9 Å². The standard InChI is InChI=1S/C13H26N2O4S/c1-12(2,3)6-9-20(17,18)15-10-13(11(14)16)4-7-19-8-5-13/h15H,4-10H2,1-3H3,(H2,14,16). The topological polar surface area (TPSA) is 98.5 Å². The second kappa shape index (κ2) is 6.41. The monoisotopic (exact) mass is 306 g/mol. The van der Waals surface area contributed by atoms with Crippen LogP contribution in [0.4, 0.5) is 0 Å². The van der Waals surface area contributed by atoms with Crippen molar-refractivity contribution in [2.75, 3.05) is 25.5 Å². The van der Waals surface area contributed by atoms with Gasteiger partial charge in [0.05, 0.1) is 11.2 Å². The summed E-state index contributed by atoms with van der Waals surface area (Å²) in [5.74, 6) is -0.402. The van der Waals surface area contributed by atoms with Crippen molar-refractivity contribution in [2.24, 2.45) is 16.6 Å². The van der Waals surface area contributed by atoms with Crippen LogP contribution in [0.3, 0.4) is 0 Å². The van der Waals surface area contributed by atoms with Crippen molar-refractivity contribution in [3.05, 3.63) is 0 Å². The van der Waals surface area contributed by atoms with E-state index in [9.17, 15) is 13.2 Å². The Kier molecular flexibility index (Phi) is 5.57. The van der Waals surface area contributed by atoms with Crippen LogP contribution in [0, 0.1) is 10.8 Å². The van der Waals surface area contributed by atoms with Crippen molar-refractivity contribution < 1.29 is 17.9 Å². The summed E-state index contributed by atoms with van der Waals surface area (Å²) in [6.45, 7) is 6.92. The summed E-state index contributed by atoms with van der Waals surface area (Å²) >= 11 is 0. The zero-order valence-corrected chi connectivity index (χ0v) is 13.4. The average molecular weight is 306 g/mol. The van der Waals surface area contributed by atoms with Gasteiger partial charge in [-0.05, 0) is 24.7 Å². The Morgan fingerprint density at radius 2 is 1.85 bits per heavy atom. The molecule has 0 saturated carbocycles. The highest BCUT2D eigenvalue weighted by atomic mass is 32.2. The molecule has 0 aromatic rings. The molecule has 0 aromatic carbocycles. The van der Waals surface area contributed by atoms with Gasteiger partial charge >= 0.3 is 0 Å². The van der Waals surface area contributed by atoms with Gasteiger partial charge in [-0.1, -0.05) is 20.8 Å². The molecule has 118 valence electrons. The summed E-state index contributed by atoms with van der Waals surface area (Å²) in [6.07, 6.45) is 1.49. The quantitative estimate of drug-likeness (QED) is 0.751. The molecule has 1 fully saturated rings. The Morgan fingerprint density at radius 1 is 1.30 bits per heavy atom. The summed E-state index contributed by atoms with van der Waals surface area (Å²) < 4.78 is 31.7. The molecule has 7 heteroatoms. The first-order valence-electron chi connectivity index (χ1n) is 6.91. The van der Waals surface area contributed by atoms with Crippen molar-refractivity contribution in [1.29, 1.82) is 0 Å². The number of amides is 1. The molecule has 1 heterocycles. The molecule has 1 saturated heterocycles. The van der Waals surface area contributed by atoms with Crippen LogP contribution in [0.5, 0.6) is 0 Å². The van der Waals surface area contributed by atoms with Crippen molar-refractivity contribution in [3.8, 4) is 0 Å². The lowest BCUT2D eigenvalue weighted by Gasteiger charge is -2.34. The Hall–Kier alpha value is -0.660. The SMILES string of the molecule is CC(C)(C)CCS(=O)(=O)NCC1(C(N)=O)CCOCC1. The number of sulfonamides is 1. The minimum atomic E-state index is -3.38. The highest BCUT2D eigenvalue weighted by Crippen LogP contribution is 2.29. The van der Waals surface area contributed by atoms with Crippen LogP contribution < -0.4 is 10.5 Å². The fourth-order valence-corrected chi connectivity index (χ4v) is 3.55. The van der Waals surface area contributed by atoms with E-state index in [-0.39, 0.29) is 17.7 Å². The highest BCUT2D eigenvalue weighted by Gasteiger charge is 2.39. The minimum absolute atomic E-state index is 0.0468. The lowest BCUT2D eigenvalue weighted by Crippen LogP contribution is -2.49. The predicted molar refractivity (Wildman–Crippen MR) is 77.5 cm³/mol. The van der Waals surface area contributed by atoms with E-state index in [1.807, 2.05) is 20.8 Å². The number of primary amides is 1. The van der Waals surface area contributed by atoms with Crippen LogP contribution in [0.15, 0.2) is 0 Å². The molecule has 1 rings (SSSR count). The van der Waals surface area contributed by atoms with Crippen molar-refractivity contribution in [2.45, 2.75) is 40.0 Å². The molecule has 0 unspecified atom stereocenters. The Labute approximate surface area is 121 Å². The largest absolute Gasteiger partial charge is 0.381 e. The maximum absolute atomic E-state index is 12.0. The molecule has 0 spiro atoms. The van der Waals surface area contributed by atoms with E-state index < -0.39 is 21.3 Å². The predicted octanol–water partition coefficient (Wildman–Crippen LogP) is 0.624. The van der Waals surface area contributed by atoms with Crippen molar-refractivity contribution in [1.82, 2.24) is 4.72 Å². The summed E-state index contributed by atoms with van der Waals surface area (Å²) in [4.78, 5) is 11.6. The number of hydrogen-bond donors (Lipinski definition) is 2. The van der Waals surface area contributed by atoms with Gasteiger partial charge in [0.25, 0.3) is 0 Å². The van der Waals surface area contributed by atoms with Crippen LogP contribution >= 0.6 is 0 Å². The number of nitrogens with one attached hydrogen (secondary N) is 1. The lowest BCUT2D eigenvalue weighted by atomic mass is 9.80. The lowest BCUT2D eigenvalue weighted by molar-refractivity contribution is -0.132. The summed E-state index contributed by atoms with van der Waals surface area (Å²) in [6, 6.07) is 0. The number of hydrogen-bond acceptors (Lipinski definition) is 4. The molecule has 6 nitrogen and oxygen atoms in total. The van der Waals surface area contributed by atoms with E-state index in [4.69, 9.17) is 10.5 Å². The fourth-order valence-electron chi connectivity index (χ4n) is 2.03. The smallest absolute Gasteiger partial charge is 0.225 e. The molecule has 1 aliphatic rings. The van der Waals surface area contributed by atoms with Crippen molar-refractivity contribution >= 4 is 15.9 Å². The second-order valence-electron chi connectivity index (χ2n) is 6.71. The summed E-state index contributed by atoms with van der Waals surface area (Å²) in [5, 5.41) is 0. The molecule has 1 amide bonds.